The molecule has 0 aliphatic carbocycles. The largest absolute Gasteiger partial charge is 0.481 e. The Hall–Kier alpha value is -3.58. The van der Waals surface area contributed by atoms with E-state index in [1.54, 1.807) is 30.2 Å². The van der Waals surface area contributed by atoms with Crippen LogP contribution in [0.25, 0.3) is 10.6 Å². The highest BCUT2D eigenvalue weighted by Crippen LogP contribution is 2.43. The molecule has 40 heavy (non-hydrogen) atoms. The molecule has 1 aromatic carbocycles. The van der Waals surface area contributed by atoms with Crippen molar-refractivity contribution in [2.75, 3.05) is 31.3 Å². The van der Waals surface area contributed by atoms with Gasteiger partial charge in [-0.1, -0.05) is 0 Å². The number of aryl methyl sites for hydroxylation is 1. The highest BCUT2D eigenvalue weighted by molar-refractivity contribution is 7.15. The molecule has 2 aliphatic rings. The second-order valence-electron chi connectivity index (χ2n) is 9.86. The molecular weight excluding hydrogens is 547 g/mol. The van der Waals surface area contributed by atoms with Crippen LogP contribution in [0.5, 0.6) is 5.75 Å². The first-order valence-corrected chi connectivity index (χ1v) is 13.7. The van der Waals surface area contributed by atoms with E-state index in [2.05, 4.69) is 20.3 Å². The van der Waals surface area contributed by atoms with Gasteiger partial charge in [-0.2, -0.15) is 13.2 Å². The Labute approximate surface area is 232 Å². The molecule has 0 radical (unpaired) electrons. The second-order valence-corrected chi connectivity index (χ2v) is 11.1. The Balaban J connectivity index is 1.44. The third kappa shape index (κ3) is 6.09. The van der Waals surface area contributed by atoms with Crippen molar-refractivity contribution in [3.8, 4) is 16.3 Å². The Morgan fingerprint density at radius 3 is 2.55 bits per heavy atom. The lowest BCUT2D eigenvalue weighted by atomic mass is 9.96. The predicted molar refractivity (Wildman–Crippen MR) is 141 cm³/mol. The fraction of sp³-hybridized carbons (Fsp3) is 0.444. The molecule has 0 bridgehead atoms. The number of halogens is 3. The lowest BCUT2D eigenvalue weighted by Crippen LogP contribution is -2.40. The van der Waals surface area contributed by atoms with Gasteiger partial charge in [-0.3, -0.25) is 9.59 Å². The smallest absolute Gasteiger partial charge is 0.451 e. The number of carbonyl (C=O) groups is 2. The third-order valence-corrected chi connectivity index (χ3v) is 7.94. The zero-order valence-corrected chi connectivity index (χ0v) is 22.8. The number of rotatable bonds is 7. The summed E-state index contributed by atoms with van der Waals surface area (Å²) in [6, 6.07) is 2.60. The number of thiazole rings is 1. The first-order valence-electron chi connectivity index (χ1n) is 12.9. The summed E-state index contributed by atoms with van der Waals surface area (Å²) in [5.41, 5.74) is 1.65. The van der Waals surface area contributed by atoms with Gasteiger partial charge in [0, 0.05) is 54.4 Å². The number of alkyl halides is 3. The number of ether oxygens (including phenoxy) is 2. The van der Waals surface area contributed by atoms with Crippen LogP contribution < -0.4 is 15.0 Å². The van der Waals surface area contributed by atoms with E-state index in [9.17, 15) is 22.8 Å². The van der Waals surface area contributed by atoms with Gasteiger partial charge in [0.25, 0.3) is 11.8 Å². The minimum absolute atomic E-state index is 0.116. The van der Waals surface area contributed by atoms with E-state index in [-0.39, 0.29) is 18.1 Å². The monoisotopic (exact) mass is 575 g/mol. The van der Waals surface area contributed by atoms with Crippen LogP contribution in [0, 0.1) is 12.8 Å². The van der Waals surface area contributed by atoms with Crippen molar-refractivity contribution in [3.05, 3.63) is 52.6 Å². The predicted octanol–water partition coefficient (Wildman–Crippen LogP) is 4.96. The van der Waals surface area contributed by atoms with Crippen LogP contribution in [-0.4, -0.2) is 53.1 Å². The summed E-state index contributed by atoms with van der Waals surface area (Å²) in [6.07, 6.45) is 1.81. The maximum Gasteiger partial charge on any atom is 0.451 e. The van der Waals surface area contributed by atoms with E-state index in [0.29, 0.717) is 53.2 Å². The zero-order chi connectivity index (χ0) is 28.4. The summed E-state index contributed by atoms with van der Waals surface area (Å²) in [7, 11) is 0. The average Bonchev–Trinajstić information content (AvgIpc) is 3.38. The Morgan fingerprint density at radius 1 is 1.18 bits per heavy atom. The Morgan fingerprint density at radius 2 is 1.90 bits per heavy atom. The number of anilines is 1. The van der Waals surface area contributed by atoms with Crippen LogP contribution in [0.4, 0.5) is 18.9 Å². The first-order chi connectivity index (χ1) is 19.1. The SMILES string of the molecule is Cc1cnc(-c2cc(C(=O)N[C@H](C)c3cnc(C(F)(F)F)nc3)cc3c2OCC(=O)N3CCC2CCOCC2)s1. The van der Waals surface area contributed by atoms with Gasteiger partial charge < -0.3 is 19.7 Å². The van der Waals surface area contributed by atoms with E-state index in [4.69, 9.17) is 9.47 Å². The highest BCUT2D eigenvalue weighted by atomic mass is 32.1. The summed E-state index contributed by atoms with van der Waals surface area (Å²) in [5.74, 6) is -1.01. The standard InChI is InChI=1S/C27H28F3N5O4S/c1-15-11-31-25(40-15)20-9-18(24(37)34-16(2)19-12-32-26(33-13-19)27(28,29)30)10-21-23(20)39-14-22(36)35(21)6-3-17-4-7-38-8-5-17/h9-13,16-17H,3-8,14H2,1-2H3,(H,34,37)/t16-/m1/s1. The maximum absolute atomic E-state index is 13.4. The summed E-state index contributed by atoms with van der Waals surface area (Å²) >= 11 is 1.44. The number of carbonyl (C=O) groups excluding carboxylic acids is 2. The number of hydrogen-bond donors (Lipinski definition) is 1. The van der Waals surface area contributed by atoms with Gasteiger partial charge in [-0.05, 0) is 51.2 Å². The summed E-state index contributed by atoms with van der Waals surface area (Å²) in [5, 5.41) is 3.44. The molecule has 9 nitrogen and oxygen atoms in total. The van der Waals surface area contributed by atoms with Gasteiger partial charge in [-0.25, -0.2) is 15.0 Å². The van der Waals surface area contributed by atoms with Crippen molar-refractivity contribution in [1.82, 2.24) is 20.3 Å². The minimum atomic E-state index is -4.66. The first kappa shape index (κ1) is 28.0. The number of nitrogens with one attached hydrogen (secondary N) is 1. The second kappa shape index (κ2) is 11.5. The number of aromatic nitrogens is 3. The van der Waals surface area contributed by atoms with E-state index in [1.165, 1.54) is 11.3 Å². The van der Waals surface area contributed by atoms with Gasteiger partial charge in [-0.15, -0.1) is 11.3 Å². The maximum atomic E-state index is 13.4. The number of nitrogens with zero attached hydrogens (tertiary/aromatic N) is 4. The fourth-order valence-corrected chi connectivity index (χ4v) is 5.52. The molecule has 4 heterocycles. The van der Waals surface area contributed by atoms with Crippen molar-refractivity contribution < 1.29 is 32.2 Å². The van der Waals surface area contributed by atoms with Gasteiger partial charge >= 0.3 is 6.18 Å². The zero-order valence-electron chi connectivity index (χ0n) is 22.0. The highest BCUT2D eigenvalue weighted by Gasteiger charge is 2.35. The minimum Gasteiger partial charge on any atom is -0.481 e. The molecule has 2 aliphatic heterocycles. The van der Waals surface area contributed by atoms with Gasteiger partial charge in [0.15, 0.2) is 12.4 Å². The van der Waals surface area contributed by atoms with E-state index in [0.717, 1.165) is 36.5 Å². The molecule has 13 heteroatoms. The summed E-state index contributed by atoms with van der Waals surface area (Å²) in [6.45, 7) is 5.31. The Bertz CT molecular complexity index is 1390. The van der Waals surface area contributed by atoms with Crippen molar-refractivity contribution in [2.24, 2.45) is 5.92 Å². The molecule has 212 valence electrons. The van der Waals surface area contributed by atoms with Gasteiger partial charge in [0.1, 0.15) is 5.01 Å². The molecule has 5 rings (SSSR count). The third-order valence-electron chi connectivity index (χ3n) is 6.99. The van der Waals surface area contributed by atoms with Crippen LogP contribution in [0.2, 0.25) is 0 Å². The molecule has 1 saturated heterocycles. The molecule has 1 atom stereocenters. The molecule has 0 saturated carbocycles. The van der Waals surface area contributed by atoms with Crippen molar-refractivity contribution >= 4 is 28.8 Å². The molecule has 1 N–H and O–H groups in total. The number of hydrogen-bond acceptors (Lipinski definition) is 8. The molecule has 0 unspecified atom stereocenters. The number of fused-ring (bicyclic) bond motifs is 1. The van der Waals surface area contributed by atoms with Gasteiger partial charge in [0.2, 0.25) is 5.82 Å². The van der Waals surface area contributed by atoms with Crippen molar-refractivity contribution in [1.29, 1.82) is 0 Å². The van der Waals surface area contributed by atoms with Crippen LogP contribution >= 0.6 is 11.3 Å². The molecule has 1 fully saturated rings. The summed E-state index contributed by atoms with van der Waals surface area (Å²) in [4.78, 5) is 40.3. The lowest BCUT2D eigenvalue weighted by molar-refractivity contribution is -0.145. The molecular formula is C27H28F3N5O4S. The normalized spacial score (nSPS) is 16.8. The number of amides is 2. The van der Waals surface area contributed by atoms with E-state index in [1.807, 2.05) is 6.92 Å². The number of benzene rings is 1. The van der Waals surface area contributed by atoms with E-state index < -0.39 is 23.9 Å². The van der Waals surface area contributed by atoms with Gasteiger partial charge in [0.05, 0.1) is 17.3 Å². The van der Waals surface area contributed by atoms with Crippen LogP contribution in [-0.2, 0) is 15.7 Å². The van der Waals surface area contributed by atoms with Crippen LogP contribution in [0.15, 0.2) is 30.7 Å². The lowest BCUT2D eigenvalue weighted by Gasteiger charge is -2.32. The average molecular weight is 576 g/mol. The quantitative estimate of drug-likeness (QED) is 0.425. The van der Waals surface area contributed by atoms with Crippen LogP contribution in [0.3, 0.4) is 0 Å². The fourth-order valence-electron chi connectivity index (χ4n) is 4.74. The van der Waals surface area contributed by atoms with E-state index >= 15 is 0 Å². The molecule has 0 spiro atoms. The van der Waals surface area contributed by atoms with Crippen molar-refractivity contribution in [3.63, 3.8) is 0 Å². The molecule has 3 aromatic rings. The summed E-state index contributed by atoms with van der Waals surface area (Å²) < 4.78 is 49.9. The molecule has 2 aromatic heterocycles. The molecule has 2 amide bonds. The Kier molecular flexibility index (Phi) is 8.04. The van der Waals surface area contributed by atoms with Crippen molar-refractivity contribution in [2.45, 2.75) is 45.3 Å². The topological polar surface area (TPSA) is 107 Å². The van der Waals surface area contributed by atoms with Crippen LogP contribution in [0.1, 0.15) is 58.9 Å².